The summed E-state index contributed by atoms with van der Waals surface area (Å²) in [7, 11) is -1.58. The summed E-state index contributed by atoms with van der Waals surface area (Å²) in [4.78, 5) is 14.5. The van der Waals surface area contributed by atoms with Gasteiger partial charge < -0.3 is 5.32 Å². The summed E-state index contributed by atoms with van der Waals surface area (Å²) >= 11 is 0. The van der Waals surface area contributed by atoms with E-state index in [1.54, 1.807) is 28.6 Å². The van der Waals surface area contributed by atoms with Gasteiger partial charge in [0.05, 0.1) is 11.4 Å². The molecule has 3 rings (SSSR count). The third kappa shape index (κ3) is 6.13. The van der Waals surface area contributed by atoms with Gasteiger partial charge in [0.2, 0.25) is 15.9 Å². The normalized spacial score (nSPS) is 15.8. The van der Waals surface area contributed by atoms with Crippen LogP contribution in [0.5, 0.6) is 0 Å². The highest BCUT2D eigenvalue weighted by Gasteiger charge is 2.25. The SMILES string of the molecule is CN(CC(=O)Nc1ccc(S(=O)(=O)N2CCCCCC2)cc1)Cc1ccccc1. The largest absolute Gasteiger partial charge is 0.325 e. The van der Waals surface area contributed by atoms with Crippen LogP contribution in [0.2, 0.25) is 0 Å². The average molecular weight is 416 g/mol. The van der Waals surface area contributed by atoms with Crippen molar-refractivity contribution < 1.29 is 13.2 Å². The quantitative estimate of drug-likeness (QED) is 0.753. The van der Waals surface area contributed by atoms with Crippen molar-refractivity contribution in [1.29, 1.82) is 0 Å². The molecule has 1 aliphatic rings. The van der Waals surface area contributed by atoms with Crippen LogP contribution in [0.15, 0.2) is 59.5 Å². The van der Waals surface area contributed by atoms with E-state index in [1.165, 1.54) is 0 Å². The minimum Gasteiger partial charge on any atom is -0.325 e. The number of sulfonamides is 1. The first-order valence-corrected chi connectivity index (χ1v) is 11.5. The van der Waals surface area contributed by atoms with Crippen molar-refractivity contribution in [2.24, 2.45) is 0 Å². The maximum atomic E-state index is 12.8. The number of rotatable bonds is 7. The highest BCUT2D eigenvalue weighted by molar-refractivity contribution is 7.89. The molecule has 0 atom stereocenters. The Bertz CT molecular complexity index is 891. The van der Waals surface area contributed by atoms with Crippen molar-refractivity contribution in [2.45, 2.75) is 37.1 Å². The topological polar surface area (TPSA) is 69.7 Å². The van der Waals surface area contributed by atoms with Crippen LogP contribution in [0, 0.1) is 0 Å². The van der Waals surface area contributed by atoms with E-state index in [0.29, 0.717) is 25.3 Å². The molecule has 0 aliphatic carbocycles. The van der Waals surface area contributed by atoms with Gasteiger partial charge in [0.25, 0.3) is 0 Å². The molecule has 29 heavy (non-hydrogen) atoms. The molecule has 0 bridgehead atoms. The fraction of sp³-hybridized carbons (Fsp3) is 0.409. The van der Waals surface area contributed by atoms with Crippen LogP contribution >= 0.6 is 0 Å². The first-order valence-electron chi connectivity index (χ1n) is 10.1. The second-order valence-corrected chi connectivity index (χ2v) is 9.49. The smallest absolute Gasteiger partial charge is 0.243 e. The third-order valence-corrected chi connectivity index (χ3v) is 6.96. The van der Waals surface area contributed by atoms with Gasteiger partial charge in [-0.25, -0.2) is 8.42 Å². The number of benzene rings is 2. The molecule has 1 fully saturated rings. The highest BCUT2D eigenvalue weighted by Crippen LogP contribution is 2.21. The molecule has 2 aromatic rings. The van der Waals surface area contributed by atoms with Gasteiger partial charge >= 0.3 is 0 Å². The second-order valence-electron chi connectivity index (χ2n) is 7.55. The Morgan fingerprint density at radius 2 is 1.59 bits per heavy atom. The van der Waals surface area contributed by atoms with E-state index in [1.807, 2.05) is 42.3 Å². The van der Waals surface area contributed by atoms with E-state index in [9.17, 15) is 13.2 Å². The molecule has 2 aromatic carbocycles. The Morgan fingerprint density at radius 1 is 0.966 bits per heavy atom. The number of carbonyl (C=O) groups is 1. The predicted molar refractivity (Wildman–Crippen MR) is 115 cm³/mol. The van der Waals surface area contributed by atoms with Crippen molar-refractivity contribution in [2.75, 3.05) is 32.0 Å². The first-order chi connectivity index (χ1) is 13.9. The van der Waals surface area contributed by atoms with Crippen LogP contribution in [0.4, 0.5) is 5.69 Å². The summed E-state index contributed by atoms with van der Waals surface area (Å²) in [6.07, 6.45) is 3.97. The second kappa shape index (κ2) is 10.0. The van der Waals surface area contributed by atoms with E-state index in [-0.39, 0.29) is 17.3 Å². The zero-order chi connectivity index (χ0) is 20.7. The van der Waals surface area contributed by atoms with E-state index >= 15 is 0 Å². The molecule has 0 unspecified atom stereocenters. The number of hydrogen-bond donors (Lipinski definition) is 1. The van der Waals surface area contributed by atoms with Gasteiger partial charge in [-0.05, 0) is 49.7 Å². The lowest BCUT2D eigenvalue weighted by molar-refractivity contribution is -0.117. The van der Waals surface area contributed by atoms with Gasteiger partial charge in [0.1, 0.15) is 0 Å². The van der Waals surface area contributed by atoms with E-state index in [2.05, 4.69) is 5.32 Å². The number of nitrogens with one attached hydrogen (secondary N) is 1. The lowest BCUT2D eigenvalue weighted by Crippen LogP contribution is -2.32. The number of nitrogens with zero attached hydrogens (tertiary/aromatic N) is 2. The van der Waals surface area contributed by atoms with Crippen molar-refractivity contribution in [1.82, 2.24) is 9.21 Å². The number of amides is 1. The van der Waals surface area contributed by atoms with Crippen molar-refractivity contribution in [3.8, 4) is 0 Å². The molecule has 1 saturated heterocycles. The summed E-state index contributed by atoms with van der Waals surface area (Å²) < 4.78 is 27.2. The van der Waals surface area contributed by atoms with Crippen LogP contribution in [0.25, 0.3) is 0 Å². The standard InChI is InChI=1S/C22H29N3O3S/c1-24(17-19-9-5-4-6-10-19)18-22(26)23-20-11-13-21(14-12-20)29(27,28)25-15-7-2-3-8-16-25/h4-6,9-14H,2-3,7-8,15-18H2,1H3,(H,23,26). The molecule has 7 heteroatoms. The predicted octanol–water partition coefficient (Wildman–Crippen LogP) is 3.32. The summed E-state index contributed by atoms with van der Waals surface area (Å²) in [6.45, 7) is 2.09. The lowest BCUT2D eigenvalue weighted by Gasteiger charge is -2.20. The monoisotopic (exact) mass is 415 g/mol. The molecule has 1 N–H and O–H groups in total. The molecular formula is C22H29N3O3S. The summed E-state index contributed by atoms with van der Waals surface area (Å²) in [5.41, 5.74) is 1.74. The zero-order valence-electron chi connectivity index (χ0n) is 16.9. The minimum absolute atomic E-state index is 0.133. The maximum absolute atomic E-state index is 12.8. The lowest BCUT2D eigenvalue weighted by atomic mass is 10.2. The number of hydrogen-bond acceptors (Lipinski definition) is 4. The van der Waals surface area contributed by atoms with Gasteiger partial charge in [-0.15, -0.1) is 0 Å². The third-order valence-electron chi connectivity index (χ3n) is 5.05. The number of anilines is 1. The number of likely N-dealkylation sites (N-methyl/N-ethyl adjacent to an activating group) is 1. The number of carbonyl (C=O) groups excluding carboxylic acids is 1. The van der Waals surface area contributed by atoms with E-state index in [0.717, 1.165) is 31.2 Å². The molecule has 1 aliphatic heterocycles. The summed E-state index contributed by atoms with van der Waals surface area (Å²) in [5, 5.41) is 2.84. The fourth-order valence-corrected chi connectivity index (χ4v) is 5.06. The zero-order valence-corrected chi connectivity index (χ0v) is 17.7. The van der Waals surface area contributed by atoms with Crippen molar-refractivity contribution in [3.05, 3.63) is 60.2 Å². The molecule has 0 aromatic heterocycles. The fourth-order valence-electron chi connectivity index (χ4n) is 3.54. The molecule has 6 nitrogen and oxygen atoms in total. The van der Waals surface area contributed by atoms with Crippen LogP contribution in [0.3, 0.4) is 0 Å². The molecule has 0 spiro atoms. The Morgan fingerprint density at radius 3 is 2.21 bits per heavy atom. The molecule has 0 radical (unpaired) electrons. The van der Waals surface area contributed by atoms with Gasteiger partial charge in [-0.2, -0.15) is 4.31 Å². The van der Waals surface area contributed by atoms with Gasteiger partial charge in [-0.1, -0.05) is 43.2 Å². The molecule has 1 amide bonds. The van der Waals surface area contributed by atoms with E-state index in [4.69, 9.17) is 0 Å². The average Bonchev–Trinajstić information content (AvgIpc) is 2.99. The van der Waals surface area contributed by atoms with Crippen LogP contribution in [0.1, 0.15) is 31.2 Å². The highest BCUT2D eigenvalue weighted by atomic mass is 32.2. The summed E-state index contributed by atoms with van der Waals surface area (Å²) in [6, 6.07) is 16.4. The van der Waals surface area contributed by atoms with Gasteiger partial charge in [-0.3, -0.25) is 9.69 Å². The molecule has 1 heterocycles. The van der Waals surface area contributed by atoms with Crippen LogP contribution in [-0.2, 0) is 21.4 Å². The van der Waals surface area contributed by atoms with Crippen LogP contribution < -0.4 is 5.32 Å². The molecule has 156 valence electrons. The van der Waals surface area contributed by atoms with Gasteiger partial charge in [0.15, 0.2) is 0 Å². The van der Waals surface area contributed by atoms with E-state index < -0.39 is 10.0 Å². The Labute approximate surface area is 173 Å². The minimum atomic E-state index is -3.47. The Hall–Kier alpha value is -2.22. The Kier molecular flexibility index (Phi) is 7.41. The first kappa shape index (κ1) is 21.5. The van der Waals surface area contributed by atoms with Crippen molar-refractivity contribution >= 4 is 21.6 Å². The molecular weight excluding hydrogens is 386 g/mol. The summed E-state index contributed by atoms with van der Waals surface area (Å²) in [5.74, 6) is -0.133. The molecule has 0 saturated carbocycles. The van der Waals surface area contributed by atoms with Crippen LogP contribution in [-0.4, -0.2) is 50.2 Å². The Balaban J connectivity index is 1.56. The maximum Gasteiger partial charge on any atom is 0.243 e. The van der Waals surface area contributed by atoms with Crippen molar-refractivity contribution in [3.63, 3.8) is 0 Å². The van der Waals surface area contributed by atoms with Gasteiger partial charge in [0, 0.05) is 25.3 Å².